The maximum absolute atomic E-state index is 10.6. The highest BCUT2D eigenvalue weighted by Gasteiger charge is 2.16. The summed E-state index contributed by atoms with van der Waals surface area (Å²) in [6, 6.07) is 2.18. The lowest BCUT2D eigenvalue weighted by Gasteiger charge is -2.21. The smallest absolute Gasteiger partial charge is 0.328 e. The molecule has 0 spiro atoms. The Bertz CT molecular complexity index is 540. The molecular weight excluding hydrogens is 244 g/mol. The molecule has 0 bridgehead atoms. The van der Waals surface area contributed by atoms with Crippen LogP contribution in [0, 0.1) is 24.2 Å². The summed E-state index contributed by atoms with van der Waals surface area (Å²) in [6.07, 6.45) is 2.63. The second-order valence-electron chi connectivity index (χ2n) is 4.53. The van der Waals surface area contributed by atoms with Crippen LogP contribution in [-0.4, -0.2) is 34.4 Å². The van der Waals surface area contributed by atoms with Gasteiger partial charge in [-0.15, -0.1) is 0 Å². The molecule has 0 aliphatic carbocycles. The van der Waals surface area contributed by atoms with Crippen molar-refractivity contribution in [3.05, 3.63) is 17.3 Å². The van der Waals surface area contributed by atoms with Crippen LogP contribution in [-0.2, 0) is 11.8 Å². The van der Waals surface area contributed by atoms with E-state index in [1.165, 1.54) is 6.08 Å². The molecule has 0 saturated heterocycles. The first-order chi connectivity index (χ1) is 8.86. The van der Waals surface area contributed by atoms with E-state index >= 15 is 0 Å². The fourth-order valence-electron chi connectivity index (χ4n) is 2.00. The molecule has 1 heterocycles. The monoisotopic (exact) mass is 262 g/mol. The lowest BCUT2D eigenvalue weighted by Crippen LogP contribution is -2.25. The SMILES string of the molecule is Cc1nn(C)c(N(C)CC(C)C#N)c1C=CC(=O)O. The predicted molar refractivity (Wildman–Crippen MR) is 72.7 cm³/mol. The topological polar surface area (TPSA) is 82.2 Å². The van der Waals surface area contributed by atoms with E-state index in [0.717, 1.165) is 23.2 Å². The summed E-state index contributed by atoms with van der Waals surface area (Å²) in [5, 5.41) is 21.9. The molecule has 1 atom stereocenters. The third-order valence-corrected chi connectivity index (χ3v) is 2.76. The number of carboxylic acids is 1. The van der Waals surface area contributed by atoms with Gasteiger partial charge in [-0.1, -0.05) is 0 Å². The van der Waals surface area contributed by atoms with Crippen molar-refractivity contribution in [2.45, 2.75) is 13.8 Å². The molecular formula is C13H18N4O2. The van der Waals surface area contributed by atoms with Crippen molar-refractivity contribution in [3.8, 4) is 6.07 Å². The van der Waals surface area contributed by atoms with Gasteiger partial charge < -0.3 is 10.0 Å². The maximum atomic E-state index is 10.6. The Morgan fingerprint density at radius 1 is 1.68 bits per heavy atom. The number of aryl methyl sites for hydroxylation is 2. The summed E-state index contributed by atoms with van der Waals surface area (Å²) in [6.45, 7) is 4.22. The van der Waals surface area contributed by atoms with Crippen molar-refractivity contribution in [3.63, 3.8) is 0 Å². The molecule has 1 N–H and O–H groups in total. The van der Waals surface area contributed by atoms with E-state index in [2.05, 4.69) is 11.2 Å². The minimum absolute atomic E-state index is 0.114. The first kappa shape index (κ1) is 14.8. The van der Waals surface area contributed by atoms with Gasteiger partial charge in [0.15, 0.2) is 0 Å². The second kappa shape index (κ2) is 6.05. The van der Waals surface area contributed by atoms with Gasteiger partial charge in [0, 0.05) is 32.3 Å². The van der Waals surface area contributed by atoms with Gasteiger partial charge in [-0.25, -0.2) is 4.79 Å². The Morgan fingerprint density at radius 2 is 2.32 bits per heavy atom. The summed E-state index contributed by atoms with van der Waals surface area (Å²) in [5.74, 6) is -0.309. The van der Waals surface area contributed by atoms with Crippen LogP contribution in [0.2, 0.25) is 0 Å². The standard InChI is InChI=1S/C13H18N4O2/c1-9(7-14)8-16(3)13-11(5-6-12(18)19)10(2)15-17(13)4/h5-6,9H,8H2,1-4H3,(H,18,19). The van der Waals surface area contributed by atoms with Gasteiger partial charge in [0.05, 0.1) is 17.7 Å². The highest BCUT2D eigenvalue weighted by molar-refractivity contribution is 5.87. The van der Waals surface area contributed by atoms with Crippen LogP contribution in [0.15, 0.2) is 6.08 Å². The van der Waals surface area contributed by atoms with Crippen molar-refractivity contribution in [2.24, 2.45) is 13.0 Å². The molecule has 0 aliphatic heterocycles. The van der Waals surface area contributed by atoms with Gasteiger partial charge in [0.2, 0.25) is 0 Å². The van der Waals surface area contributed by atoms with Gasteiger partial charge in [-0.3, -0.25) is 4.68 Å². The van der Waals surface area contributed by atoms with Gasteiger partial charge in [-0.2, -0.15) is 10.4 Å². The Balaban J connectivity index is 3.12. The first-order valence-corrected chi connectivity index (χ1v) is 5.92. The van der Waals surface area contributed by atoms with Crippen molar-refractivity contribution >= 4 is 17.9 Å². The summed E-state index contributed by atoms with van der Waals surface area (Å²) in [4.78, 5) is 12.5. The maximum Gasteiger partial charge on any atom is 0.328 e. The molecule has 0 saturated carbocycles. The van der Waals surface area contributed by atoms with Gasteiger partial charge in [0.25, 0.3) is 0 Å². The molecule has 0 amide bonds. The highest BCUT2D eigenvalue weighted by Crippen LogP contribution is 2.24. The number of carbonyl (C=O) groups is 1. The summed E-state index contributed by atoms with van der Waals surface area (Å²) >= 11 is 0. The van der Waals surface area contributed by atoms with E-state index in [1.54, 1.807) is 11.7 Å². The minimum Gasteiger partial charge on any atom is -0.478 e. The van der Waals surface area contributed by atoms with Crippen LogP contribution in [0.3, 0.4) is 0 Å². The minimum atomic E-state index is -0.998. The van der Waals surface area contributed by atoms with Gasteiger partial charge >= 0.3 is 5.97 Å². The van der Waals surface area contributed by atoms with Crippen molar-refractivity contribution in [1.82, 2.24) is 9.78 Å². The zero-order valence-electron chi connectivity index (χ0n) is 11.6. The fraction of sp³-hybridized carbons (Fsp3) is 0.462. The molecule has 6 nitrogen and oxygen atoms in total. The molecule has 0 radical (unpaired) electrons. The van der Waals surface area contributed by atoms with Crippen molar-refractivity contribution in [2.75, 3.05) is 18.5 Å². The number of carboxylic acid groups (broad SMARTS) is 1. The van der Waals surface area contributed by atoms with Crippen LogP contribution in [0.1, 0.15) is 18.2 Å². The summed E-state index contributed by atoms with van der Waals surface area (Å²) < 4.78 is 1.70. The quantitative estimate of drug-likeness (QED) is 0.811. The average molecular weight is 262 g/mol. The number of rotatable bonds is 5. The molecule has 0 fully saturated rings. The normalized spacial score (nSPS) is 12.4. The average Bonchev–Trinajstić information content (AvgIpc) is 2.60. The zero-order chi connectivity index (χ0) is 14.6. The van der Waals surface area contributed by atoms with Crippen LogP contribution >= 0.6 is 0 Å². The zero-order valence-corrected chi connectivity index (χ0v) is 11.6. The van der Waals surface area contributed by atoms with Crippen LogP contribution < -0.4 is 4.90 Å². The highest BCUT2D eigenvalue weighted by atomic mass is 16.4. The molecule has 102 valence electrons. The lowest BCUT2D eigenvalue weighted by molar-refractivity contribution is -0.131. The molecule has 19 heavy (non-hydrogen) atoms. The third kappa shape index (κ3) is 3.58. The number of aliphatic carboxylic acids is 1. The molecule has 1 rings (SSSR count). The Morgan fingerprint density at radius 3 is 2.84 bits per heavy atom. The van der Waals surface area contributed by atoms with E-state index in [4.69, 9.17) is 10.4 Å². The van der Waals surface area contributed by atoms with E-state index in [9.17, 15) is 4.79 Å². The molecule has 1 aromatic rings. The Hall–Kier alpha value is -2.29. The number of hydrogen-bond acceptors (Lipinski definition) is 4. The fourth-order valence-corrected chi connectivity index (χ4v) is 2.00. The predicted octanol–water partition coefficient (Wildman–Crippen LogP) is 1.42. The molecule has 6 heteroatoms. The largest absolute Gasteiger partial charge is 0.478 e. The van der Waals surface area contributed by atoms with E-state index < -0.39 is 5.97 Å². The summed E-state index contributed by atoms with van der Waals surface area (Å²) in [7, 11) is 3.66. The second-order valence-corrected chi connectivity index (χ2v) is 4.53. The number of nitriles is 1. The summed E-state index contributed by atoms with van der Waals surface area (Å²) in [5.41, 5.74) is 1.52. The van der Waals surface area contributed by atoms with E-state index in [0.29, 0.717) is 6.54 Å². The van der Waals surface area contributed by atoms with Crippen molar-refractivity contribution in [1.29, 1.82) is 5.26 Å². The number of nitrogens with zero attached hydrogens (tertiary/aromatic N) is 4. The molecule has 1 aromatic heterocycles. The van der Waals surface area contributed by atoms with E-state index in [1.807, 2.05) is 25.8 Å². The van der Waals surface area contributed by atoms with Gasteiger partial charge in [0.1, 0.15) is 5.82 Å². The lowest BCUT2D eigenvalue weighted by atomic mass is 10.1. The number of aromatic nitrogens is 2. The van der Waals surface area contributed by atoms with Crippen LogP contribution in [0.25, 0.3) is 6.08 Å². The Labute approximate surface area is 112 Å². The number of hydrogen-bond donors (Lipinski definition) is 1. The van der Waals surface area contributed by atoms with Crippen LogP contribution in [0.4, 0.5) is 5.82 Å². The first-order valence-electron chi connectivity index (χ1n) is 5.92. The molecule has 0 aliphatic rings. The van der Waals surface area contributed by atoms with Crippen LogP contribution in [0.5, 0.6) is 0 Å². The molecule has 1 unspecified atom stereocenters. The van der Waals surface area contributed by atoms with E-state index in [-0.39, 0.29) is 5.92 Å². The van der Waals surface area contributed by atoms with Gasteiger partial charge in [-0.05, 0) is 19.9 Å². The third-order valence-electron chi connectivity index (χ3n) is 2.76. The Kier molecular flexibility index (Phi) is 4.70. The molecule has 0 aromatic carbocycles. The van der Waals surface area contributed by atoms with Crippen molar-refractivity contribution < 1.29 is 9.90 Å². The number of anilines is 1.